The first-order valence-electron chi connectivity index (χ1n) is 10.8. The summed E-state index contributed by atoms with van der Waals surface area (Å²) in [7, 11) is 0. The minimum atomic E-state index is -0.563. The number of nitrogens with one attached hydrogen (secondary N) is 1. The Morgan fingerprint density at radius 1 is 0.765 bits per heavy atom. The zero-order valence-electron chi connectivity index (χ0n) is 18.7. The number of carbonyl (C=O) groups excluding carboxylic acids is 2. The van der Waals surface area contributed by atoms with Crippen molar-refractivity contribution in [3.63, 3.8) is 0 Å². The van der Waals surface area contributed by atoms with Crippen molar-refractivity contribution in [2.75, 3.05) is 39.6 Å². The molecule has 0 aliphatic carbocycles. The summed E-state index contributed by atoms with van der Waals surface area (Å²) in [6.07, 6.45) is 0.534. The molecule has 1 N–H and O–H groups in total. The molecule has 3 aromatic carbocycles. The zero-order valence-corrected chi connectivity index (χ0v) is 18.7. The second-order valence-corrected chi connectivity index (χ2v) is 7.00. The van der Waals surface area contributed by atoms with Gasteiger partial charge in [0.05, 0.1) is 26.4 Å². The lowest BCUT2D eigenvalue weighted by atomic mass is 10.1. The quantitative estimate of drug-likeness (QED) is 0.226. The number of para-hydroxylation sites is 1. The van der Waals surface area contributed by atoms with E-state index in [1.165, 1.54) is 0 Å². The first-order valence-corrected chi connectivity index (χ1v) is 10.8. The van der Waals surface area contributed by atoms with Crippen molar-refractivity contribution >= 4 is 22.8 Å². The van der Waals surface area contributed by atoms with Crippen LogP contribution in [0.2, 0.25) is 0 Å². The van der Waals surface area contributed by atoms with Gasteiger partial charge < -0.3 is 29.0 Å². The standard InChI is InChI=1S/C26H27NO7/c1-2-25(28)32-17-16-31-15-14-30-13-12-27-26(29)34-24-11-9-20-18-23(10-8-21(20)19-24)33-22-6-4-3-5-7-22/h2-11,18-19H,1,12-17H2,(H,27,29). The highest BCUT2D eigenvalue weighted by atomic mass is 16.6. The predicted octanol–water partition coefficient (Wildman–Crippen LogP) is 4.48. The maximum atomic E-state index is 12.0. The minimum Gasteiger partial charge on any atom is -0.460 e. The van der Waals surface area contributed by atoms with Crippen molar-refractivity contribution < 1.29 is 33.3 Å². The lowest BCUT2D eigenvalue weighted by Crippen LogP contribution is -2.30. The number of ether oxygens (including phenoxy) is 5. The largest absolute Gasteiger partial charge is 0.460 e. The highest BCUT2D eigenvalue weighted by Gasteiger charge is 2.06. The van der Waals surface area contributed by atoms with E-state index in [2.05, 4.69) is 11.9 Å². The summed E-state index contributed by atoms with van der Waals surface area (Å²) in [5.74, 6) is 1.45. The third kappa shape index (κ3) is 8.57. The molecule has 1 amide bonds. The summed E-state index contributed by atoms with van der Waals surface area (Å²) in [5, 5.41) is 4.52. The van der Waals surface area contributed by atoms with Crippen LogP contribution in [0, 0.1) is 0 Å². The van der Waals surface area contributed by atoms with Crippen LogP contribution in [0.1, 0.15) is 0 Å². The Kier molecular flexibility index (Phi) is 9.92. The van der Waals surface area contributed by atoms with Gasteiger partial charge in [-0.05, 0) is 47.2 Å². The maximum absolute atomic E-state index is 12.0. The van der Waals surface area contributed by atoms with E-state index in [1.807, 2.05) is 54.6 Å². The van der Waals surface area contributed by atoms with Gasteiger partial charge in [-0.1, -0.05) is 36.9 Å². The second kappa shape index (κ2) is 13.6. The zero-order chi connectivity index (χ0) is 24.0. The van der Waals surface area contributed by atoms with Gasteiger partial charge in [0.1, 0.15) is 23.9 Å². The van der Waals surface area contributed by atoms with Gasteiger partial charge in [-0.15, -0.1) is 0 Å². The van der Waals surface area contributed by atoms with Crippen molar-refractivity contribution in [1.29, 1.82) is 0 Å². The molecule has 3 aromatic rings. The molecule has 0 spiro atoms. The van der Waals surface area contributed by atoms with Crippen molar-refractivity contribution in [2.45, 2.75) is 0 Å². The molecule has 0 saturated heterocycles. The fourth-order valence-corrected chi connectivity index (χ4v) is 2.90. The van der Waals surface area contributed by atoms with Crippen LogP contribution in [0.4, 0.5) is 4.79 Å². The smallest absolute Gasteiger partial charge is 0.412 e. The van der Waals surface area contributed by atoms with Crippen molar-refractivity contribution in [3.8, 4) is 17.2 Å². The summed E-state index contributed by atoms with van der Waals surface area (Å²) >= 11 is 0. The summed E-state index contributed by atoms with van der Waals surface area (Å²) in [5.41, 5.74) is 0. The van der Waals surface area contributed by atoms with Crippen LogP contribution < -0.4 is 14.8 Å². The van der Waals surface area contributed by atoms with Crippen LogP contribution in [-0.2, 0) is 19.0 Å². The molecule has 0 radical (unpaired) electrons. The Morgan fingerprint density at radius 3 is 2.15 bits per heavy atom. The molecule has 0 aliphatic rings. The third-order valence-electron chi connectivity index (χ3n) is 4.50. The minimum absolute atomic E-state index is 0.162. The number of carbonyl (C=O) groups is 2. The topological polar surface area (TPSA) is 92.3 Å². The molecule has 3 rings (SSSR count). The van der Waals surface area contributed by atoms with E-state index < -0.39 is 12.1 Å². The Balaban J connectivity index is 1.32. The van der Waals surface area contributed by atoms with E-state index in [-0.39, 0.29) is 13.2 Å². The molecule has 0 unspecified atom stereocenters. The van der Waals surface area contributed by atoms with Gasteiger partial charge >= 0.3 is 12.1 Å². The van der Waals surface area contributed by atoms with Crippen LogP contribution in [-0.4, -0.2) is 51.6 Å². The van der Waals surface area contributed by atoms with Crippen LogP contribution in [0.5, 0.6) is 17.2 Å². The van der Waals surface area contributed by atoms with Crippen molar-refractivity contribution in [2.24, 2.45) is 0 Å². The van der Waals surface area contributed by atoms with E-state index in [0.29, 0.717) is 32.1 Å². The number of benzene rings is 3. The molecular formula is C26H27NO7. The summed E-state index contributed by atoms with van der Waals surface area (Å²) < 4.78 is 26.6. The van der Waals surface area contributed by atoms with Crippen LogP contribution >= 0.6 is 0 Å². The first kappa shape index (κ1) is 24.8. The van der Waals surface area contributed by atoms with E-state index in [0.717, 1.165) is 28.3 Å². The fourth-order valence-electron chi connectivity index (χ4n) is 2.90. The molecule has 34 heavy (non-hydrogen) atoms. The average molecular weight is 466 g/mol. The van der Waals surface area contributed by atoms with E-state index in [9.17, 15) is 9.59 Å². The third-order valence-corrected chi connectivity index (χ3v) is 4.50. The normalized spacial score (nSPS) is 10.5. The maximum Gasteiger partial charge on any atom is 0.412 e. The summed E-state index contributed by atoms with van der Waals surface area (Å²) in [4.78, 5) is 22.9. The molecule has 0 atom stereocenters. The average Bonchev–Trinajstić information content (AvgIpc) is 2.85. The van der Waals surface area contributed by atoms with Crippen LogP contribution in [0.3, 0.4) is 0 Å². The molecule has 0 saturated carbocycles. The molecule has 0 aromatic heterocycles. The molecule has 8 heteroatoms. The molecule has 0 fully saturated rings. The van der Waals surface area contributed by atoms with Gasteiger partial charge in [0, 0.05) is 12.6 Å². The lowest BCUT2D eigenvalue weighted by molar-refractivity contribution is -0.139. The predicted molar refractivity (Wildman–Crippen MR) is 127 cm³/mol. The number of hydrogen-bond donors (Lipinski definition) is 1. The Labute approximate surface area is 198 Å². The molecule has 8 nitrogen and oxygen atoms in total. The monoisotopic (exact) mass is 465 g/mol. The van der Waals surface area contributed by atoms with E-state index >= 15 is 0 Å². The van der Waals surface area contributed by atoms with Gasteiger partial charge in [0.15, 0.2) is 0 Å². The SMILES string of the molecule is C=CC(=O)OCCOCCOCCNC(=O)Oc1ccc2cc(Oc3ccccc3)ccc2c1. The van der Waals surface area contributed by atoms with Gasteiger partial charge in [0.2, 0.25) is 0 Å². The van der Waals surface area contributed by atoms with Crippen molar-refractivity contribution in [1.82, 2.24) is 5.32 Å². The Morgan fingerprint density at radius 2 is 1.41 bits per heavy atom. The van der Waals surface area contributed by atoms with Crippen molar-refractivity contribution in [3.05, 3.63) is 79.4 Å². The van der Waals surface area contributed by atoms with E-state index in [4.69, 9.17) is 23.7 Å². The van der Waals surface area contributed by atoms with Crippen LogP contribution in [0.15, 0.2) is 79.4 Å². The Hall–Kier alpha value is -3.88. The summed E-state index contributed by atoms with van der Waals surface area (Å²) in [6, 6.07) is 20.7. The van der Waals surface area contributed by atoms with Gasteiger partial charge in [0.25, 0.3) is 0 Å². The van der Waals surface area contributed by atoms with Gasteiger partial charge in [-0.3, -0.25) is 0 Å². The lowest BCUT2D eigenvalue weighted by Gasteiger charge is -2.10. The highest BCUT2D eigenvalue weighted by Crippen LogP contribution is 2.28. The molecule has 178 valence electrons. The highest BCUT2D eigenvalue weighted by molar-refractivity contribution is 5.86. The molecular weight excluding hydrogens is 438 g/mol. The van der Waals surface area contributed by atoms with Gasteiger partial charge in [-0.2, -0.15) is 0 Å². The second-order valence-electron chi connectivity index (χ2n) is 7.00. The van der Waals surface area contributed by atoms with E-state index in [1.54, 1.807) is 12.1 Å². The molecule has 0 aliphatic heterocycles. The summed E-state index contributed by atoms with van der Waals surface area (Å²) in [6.45, 7) is 5.06. The number of amides is 1. The first-order chi connectivity index (χ1) is 16.6. The van der Waals surface area contributed by atoms with Gasteiger partial charge in [-0.25, -0.2) is 9.59 Å². The number of hydrogen-bond acceptors (Lipinski definition) is 7. The molecule has 0 heterocycles. The number of esters is 1. The fraction of sp³-hybridized carbons (Fsp3) is 0.231. The number of fused-ring (bicyclic) bond motifs is 1. The molecule has 0 bridgehead atoms. The van der Waals surface area contributed by atoms with Crippen LogP contribution in [0.25, 0.3) is 10.8 Å². The number of rotatable bonds is 13. The Bertz CT molecular complexity index is 1080.